The van der Waals surface area contributed by atoms with Crippen LogP contribution in [0.2, 0.25) is 0 Å². The van der Waals surface area contributed by atoms with Gasteiger partial charge in [-0.25, -0.2) is 0 Å². The summed E-state index contributed by atoms with van der Waals surface area (Å²) in [6.07, 6.45) is 0. The van der Waals surface area contributed by atoms with Gasteiger partial charge in [-0.2, -0.15) is 4.89 Å². The Bertz CT molecular complexity index is 144. The summed E-state index contributed by atoms with van der Waals surface area (Å²) in [5.41, 5.74) is -0.535. The molecule has 66 valence electrons. The van der Waals surface area contributed by atoms with E-state index in [0.717, 1.165) is 0 Å². The first kappa shape index (κ1) is 11.0. The lowest BCUT2D eigenvalue weighted by Gasteiger charge is -2.25. The second kappa shape index (κ2) is 4.12. The quantitative estimate of drug-likeness (QED) is 0.521. The van der Waals surface area contributed by atoms with Gasteiger partial charge < -0.3 is 9.47 Å². The summed E-state index contributed by atoms with van der Waals surface area (Å²) in [6.45, 7) is 3.23. The van der Waals surface area contributed by atoms with Crippen molar-refractivity contribution in [2.24, 2.45) is 0 Å². The Kier molecular flexibility index (Phi) is 4.11. The van der Waals surface area contributed by atoms with E-state index < -0.39 is 19.5 Å². The highest BCUT2D eigenvalue weighted by atomic mass is 31.1. The molecule has 0 bridgehead atoms. The van der Waals surface area contributed by atoms with Crippen LogP contribution in [0.4, 0.5) is 0 Å². The molecule has 0 fully saturated rings. The Morgan fingerprint density at radius 2 is 1.82 bits per heavy atom. The lowest BCUT2D eigenvalue weighted by atomic mass is 10.2. The van der Waals surface area contributed by atoms with Crippen LogP contribution in [0.1, 0.15) is 13.8 Å². The Morgan fingerprint density at radius 3 is 1.91 bits per heavy atom. The van der Waals surface area contributed by atoms with Crippen LogP contribution < -0.4 is 0 Å². The monoisotopic (exact) mass is 181 g/mol. The molecular weight excluding hydrogens is 167 g/mol. The molecule has 0 amide bonds. The summed E-state index contributed by atoms with van der Waals surface area (Å²) in [5, 5.41) is 0. The van der Waals surface area contributed by atoms with Crippen molar-refractivity contribution in [3.63, 3.8) is 0 Å². The van der Waals surface area contributed by atoms with Gasteiger partial charge in [0.15, 0.2) is 0 Å². The Morgan fingerprint density at radius 1 is 1.45 bits per heavy atom. The fourth-order valence-corrected chi connectivity index (χ4v) is 1.24. The third-order valence-electron chi connectivity index (χ3n) is 1.90. The Balaban J connectivity index is 4.36. The second-order valence-electron chi connectivity index (χ2n) is 2.40. The van der Waals surface area contributed by atoms with E-state index in [1.54, 1.807) is 13.8 Å². The first-order valence-corrected chi connectivity index (χ1v) is 4.51. The molecule has 0 saturated carbocycles. The molecule has 0 aliphatic carbocycles. The van der Waals surface area contributed by atoms with Crippen LogP contribution in [0.5, 0.6) is 0 Å². The molecule has 0 radical (unpaired) electrons. The minimum atomic E-state index is -2.26. The molecule has 0 aromatic heterocycles. The summed E-state index contributed by atoms with van der Waals surface area (Å²) >= 11 is 0. The third kappa shape index (κ3) is 2.49. The predicted molar refractivity (Wildman–Crippen MR) is 41.7 cm³/mol. The SMILES string of the molecule is COC(C)(OC)C(C)[P+](=O)O. The Hall–Kier alpha value is -0.0200. The number of hydrogen-bond donors (Lipinski definition) is 1. The highest BCUT2D eigenvalue weighted by Crippen LogP contribution is 2.33. The van der Waals surface area contributed by atoms with Gasteiger partial charge in [-0.3, -0.25) is 0 Å². The van der Waals surface area contributed by atoms with Crippen molar-refractivity contribution in [3.05, 3.63) is 0 Å². The molecule has 5 heteroatoms. The smallest absolute Gasteiger partial charge is 0.349 e. The summed E-state index contributed by atoms with van der Waals surface area (Å²) < 4.78 is 20.5. The molecule has 1 N–H and O–H groups in total. The molecule has 0 spiro atoms. The van der Waals surface area contributed by atoms with Gasteiger partial charge in [0.25, 0.3) is 0 Å². The number of hydrogen-bond acceptors (Lipinski definition) is 3. The summed E-state index contributed by atoms with van der Waals surface area (Å²) in [5.74, 6) is -0.970. The topological polar surface area (TPSA) is 55.8 Å². The van der Waals surface area contributed by atoms with Gasteiger partial charge in [-0.1, -0.05) is 0 Å². The van der Waals surface area contributed by atoms with E-state index in [4.69, 9.17) is 14.4 Å². The van der Waals surface area contributed by atoms with Gasteiger partial charge in [-0.05, 0) is 18.4 Å². The number of ether oxygens (including phenoxy) is 2. The van der Waals surface area contributed by atoms with Gasteiger partial charge >= 0.3 is 8.03 Å². The van der Waals surface area contributed by atoms with Crippen LogP contribution in [0.25, 0.3) is 0 Å². The average molecular weight is 181 g/mol. The van der Waals surface area contributed by atoms with Crippen LogP contribution in [0.3, 0.4) is 0 Å². The van der Waals surface area contributed by atoms with E-state index in [1.165, 1.54) is 14.2 Å². The normalized spacial score (nSPS) is 16.3. The fourth-order valence-electron chi connectivity index (χ4n) is 0.625. The molecule has 4 nitrogen and oxygen atoms in total. The van der Waals surface area contributed by atoms with E-state index in [1.807, 2.05) is 0 Å². The molecule has 2 atom stereocenters. The third-order valence-corrected chi connectivity index (χ3v) is 3.03. The molecule has 0 aliphatic heterocycles. The lowest BCUT2D eigenvalue weighted by Crippen LogP contribution is -2.39. The molecule has 11 heavy (non-hydrogen) atoms. The average Bonchev–Trinajstić information content (AvgIpc) is 2.01. The largest absolute Gasteiger partial charge is 0.514 e. The highest BCUT2D eigenvalue weighted by Gasteiger charge is 2.44. The van der Waals surface area contributed by atoms with Gasteiger partial charge in [0, 0.05) is 14.2 Å². The van der Waals surface area contributed by atoms with Gasteiger partial charge in [0.1, 0.15) is 0 Å². The zero-order valence-corrected chi connectivity index (χ0v) is 8.09. The van der Waals surface area contributed by atoms with Crippen molar-refractivity contribution < 1.29 is 18.9 Å². The lowest BCUT2D eigenvalue weighted by molar-refractivity contribution is -0.192. The first-order valence-electron chi connectivity index (χ1n) is 3.23. The van der Waals surface area contributed by atoms with Crippen LogP contribution in [0.15, 0.2) is 0 Å². The number of methoxy groups -OCH3 is 2. The first-order chi connectivity index (χ1) is 4.98. The second-order valence-corrected chi connectivity index (χ2v) is 3.78. The molecule has 0 saturated heterocycles. The van der Waals surface area contributed by atoms with Gasteiger partial charge in [-0.15, -0.1) is 0 Å². The summed E-state index contributed by atoms with van der Waals surface area (Å²) in [6, 6.07) is 0. The molecular formula is C6H14O4P+. The van der Waals surface area contributed by atoms with Crippen LogP contribution in [0, 0.1) is 0 Å². The predicted octanol–water partition coefficient (Wildman–Crippen LogP) is 1.12. The minimum absolute atomic E-state index is 0.535. The standard InChI is InChI=1S/C6H13O4P/c1-5(11(7)8)6(2,9-3)10-4/h5H,1-4H3/p+1. The van der Waals surface area contributed by atoms with Gasteiger partial charge in [0.2, 0.25) is 11.4 Å². The maximum absolute atomic E-state index is 10.7. The highest BCUT2D eigenvalue weighted by molar-refractivity contribution is 7.39. The molecule has 0 aromatic carbocycles. The fraction of sp³-hybridized carbons (Fsp3) is 1.00. The van der Waals surface area contributed by atoms with E-state index in [0.29, 0.717) is 0 Å². The summed E-state index contributed by atoms with van der Waals surface area (Å²) in [4.78, 5) is 8.77. The molecule has 2 unspecified atom stereocenters. The summed E-state index contributed by atoms with van der Waals surface area (Å²) in [7, 11) is 0.625. The minimum Gasteiger partial charge on any atom is -0.349 e. The van der Waals surface area contributed by atoms with E-state index in [-0.39, 0.29) is 0 Å². The maximum Gasteiger partial charge on any atom is 0.514 e. The van der Waals surface area contributed by atoms with Crippen molar-refractivity contribution in [1.82, 2.24) is 0 Å². The molecule has 0 heterocycles. The van der Waals surface area contributed by atoms with Crippen molar-refractivity contribution >= 4 is 8.03 Å². The molecule has 0 aliphatic rings. The van der Waals surface area contributed by atoms with Crippen LogP contribution in [-0.2, 0) is 14.0 Å². The van der Waals surface area contributed by atoms with Crippen molar-refractivity contribution in [2.45, 2.75) is 25.3 Å². The van der Waals surface area contributed by atoms with Crippen molar-refractivity contribution in [1.29, 1.82) is 0 Å². The molecule has 0 rings (SSSR count). The van der Waals surface area contributed by atoms with E-state index in [9.17, 15) is 4.57 Å². The Labute approximate surface area is 67.4 Å². The van der Waals surface area contributed by atoms with E-state index in [2.05, 4.69) is 0 Å². The van der Waals surface area contributed by atoms with Crippen molar-refractivity contribution in [2.75, 3.05) is 14.2 Å². The maximum atomic E-state index is 10.7. The van der Waals surface area contributed by atoms with E-state index >= 15 is 0 Å². The zero-order valence-electron chi connectivity index (χ0n) is 7.20. The molecule has 0 aromatic rings. The van der Waals surface area contributed by atoms with Crippen molar-refractivity contribution in [3.8, 4) is 0 Å². The number of rotatable bonds is 4. The van der Waals surface area contributed by atoms with Gasteiger partial charge in [0.05, 0.1) is 0 Å². The zero-order chi connectivity index (χ0) is 9.07. The van der Waals surface area contributed by atoms with Crippen LogP contribution >= 0.6 is 8.03 Å². The van der Waals surface area contributed by atoms with Crippen LogP contribution in [-0.4, -0.2) is 30.6 Å².